The van der Waals surface area contributed by atoms with E-state index < -0.39 is 5.54 Å². The molecule has 0 bridgehead atoms. The van der Waals surface area contributed by atoms with Crippen LogP contribution in [0.2, 0.25) is 0 Å². The van der Waals surface area contributed by atoms with E-state index in [1.165, 1.54) is 4.90 Å². The molecule has 7 heteroatoms. The van der Waals surface area contributed by atoms with Crippen molar-refractivity contribution < 1.29 is 19.1 Å². The van der Waals surface area contributed by atoms with Crippen molar-refractivity contribution in [1.29, 1.82) is 0 Å². The number of hydrogen-bond acceptors (Lipinski definition) is 4. The molecule has 2 aliphatic heterocycles. The average molecular weight is 428 g/mol. The predicted octanol–water partition coefficient (Wildman–Crippen LogP) is 3.47. The Morgan fingerprint density at radius 1 is 1.06 bits per heavy atom. The van der Waals surface area contributed by atoms with Gasteiger partial charge in [0.05, 0.1) is 6.61 Å². The molecule has 4 rings (SSSR count). The molecule has 3 fully saturated rings. The minimum Gasteiger partial charge on any atom is -0.494 e. The van der Waals surface area contributed by atoms with Crippen LogP contribution in [0.3, 0.4) is 0 Å². The summed E-state index contributed by atoms with van der Waals surface area (Å²) in [5.74, 6) is 0.804. The highest BCUT2D eigenvalue weighted by Crippen LogP contribution is 2.34. The quantitative estimate of drug-likeness (QED) is 0.676. The van der Waals surface area contributed by atoms with Crippen LogP contribution in [0.1, 0.15) is 63.9 Å². The number of carbonyl (C=O) groups is 3. The number of likely N-dealkylation sites (tertiary alicyclic amines) is 1. The predicted molar refractivity (Wildman–Crippen MR) is 116 cm³/mol. The van der Waals surface area contributed by atoms with Crippen LogP contribution in [0, 0.1) is 5.92 Å². The van der Waals surface area contributed by atoms with Crippen LogP contribution < -0.4 is 10.1 Å². The lowest BCUT2D eigenvalue weighted by Crippen LogP contribution is -2.46. The van der Waals surface area contributed by atoms with Gasteiger partial charge in [-0.05, 0) is 37.0 Å². The fourth-order valence-corrected chi connectivity index (χ4v) is 5.03. The van der Waals surface area contributed by atoms with Gasteiger partial charge >= 0.3 is 6.03 Å². The summed E-state index contributed by atoms with van der Waals surface area (Å²) in [6, 6.07) is 7.54. The van der Waals surface area contributed by atoms with Gasteiger partial charge in [-0.1, -0.05) is 44.7 Å². The van der Waals surface area contributed by atoms with Gasteiger partial charge in [-0.2, -0.15) is 0 Å². The lowest BCUT2D eigenvalue weighted by molar-refractivity contribution is -0.132. The summed E-state index contributed by atoms with van der Waals surface area (Å²) in [6.45, 7) is 4.18. The smallest absolute Gasteiger partial charge is 0.325 e. The molecule has 3 aliphatic rings. The van der Waals surface area contributed by atoms with E-state index in [0.717, 1.165) is 56.3 Å². The van der Waals surface area contributed by atoms with Crippen molar-refractivity contribution in [3.05, 3.63) is 29.8 Å². The number of benzene rings is 1. The zero-order valence-corrected chi connectivity index (χ0v) is 18.4. The summed E-state index contributed by atoms with van der Waals surface area (Å²) in [5.41, 5.74) is 0.336. The van der Waals surface area contributed by atoms with Crippen LogP contribution in [-0.2, 0) is 16.1 Å². The number of rotatable bonds is 7. The highest BCUT2D eigenvalue weighted by Gasteiger charge is 2.51. The number of nitrogens with zero attached hydrogens (tertiary/aromatic N) is 2. The average Bonchev–Trinajstić information content (AvgIpc) is 3.08. The molecule has 1 unspecified atom stereocenters. The van der Waals surface area contributed by atoms with E-state index in [1.54, 1.807) is 0 Å². The Kier molecular flexibility index (Phi) is 6.49. The first-order valence-electron chi connectivity index (χ1n) is 11.6. The molecule has 1 aromatic rings. The van der Waals surface area contributed by atoms with Crippen LogP contribution in [0.15, 0.2) is 24.3 Å². The Balaban J connectivity index is 1.34. The minimum absolute atomic E-state index is 0.0183. The second kappa shape index (κ2) is 9.28. The molecule has 1 aromatic carbocycles. The lowest BCUT2D eigenvalue weighted by Gasteiger charge is -2.25. The van der Waals surface area contributed by atoms with Crippen LogP contribution in [-0.4, -0.2) is 52.9 Å². The summed E-state index contributed by atoms with van der Waals surface area (Å²) in [4.78, 5) is 41.5. The van der Waals surface area contributed by atoms with Gasteiger partial charge < -0.3 is 15.0 Å². The highest BCUT2D eigenvalue weighted by molar-refractivity contribution is 6.07. The molecule has 1 spiro atoms. The Hall–Kier alpha value is -2.57. The maximum absolute atomic E-state index is 13.1. The number of imide groups is 1. The molecule has 0 aromatic heterocycles. The fraction of sp³-hybridized carbons (Fsp3) is 0.625. The number of amides is 4. The van der Waals surface area contributed by atoms with E-state index in [9.17, 15) is 14.4 Å². The first kappa shape index (κ1) is 21.7. The van der Waals surface area contributed by atoms with E-state index in [2.05, 4.69) is 12.2 Å². The van der Waals surface area contributed by atoms with Crippen LogP contribution in [0.5, 0.6) is 5.75 Å². The number of nitrogens with one attached hydrogen (secondary N) is 1. The monoisotopic (exact) mass is 427 g/mol. The van der Waals surface area contributed by atoms with E-state index in [1.807, 2.05) is 29.2 Å². The summed E-state index contributed by atoms with van der Waals surface area (Å²) in [5, 5.41) is 2.99. The Morgan fingerprint density at radius 2 is 1.77 bits per heavy atom. The molecule has 7 nitrogen and oxygen atoms in total. The van der Waals surface area contributed by atoms with Gasteiger partial charge in [0.25, 0.3) is 5.91 Å². The van der Waals surface area contributed by atoms with Crippen LogP contribution in [0.4, 0.5) is 4.79 Å². The molecule has 1 N–H and O–H groups in total. The molecular weight excluding hydrogens is 394 g/mol. The van der Waals surface area contributed by atoms with Gasteiger partial charge in [-0.3, -0.25) is 14.5 Å². The van der Waals surface area contributed by atoms with Crippen LogP contribution in [0.25, 0.3) is 0 Å². The number of urea groups is 1. The third-order valence-corrected chi connectivity index (χ3v) is 6.71. The SMILES string of the molecule is CCCOc1ccc(CN2CC(CN3C(=O)NC4(CCCCCC4)C3=O)CC2=O)cc1. The molecule has 2 saturated heterocycles. The molecule has 0 radical (unpaired) electrons. The van der Waals surface area contributed by atoms with Gasteiger partial charge in [0, 0.05) is 32.0 Å². The molecule has 4 amide bonds. The number of carbonyl (C=O) groups excluding carboxylic acids is 3. The second-order valence-corrected chi connectivity index (χ2v) is 9.18. The van der Waals surface area contributed by atoms with E-state index in [-0.39, 0.29) is 23.8 Å². The summed E-state index contributed by atoms with van der Waals surface area (Å²) >= 11 is 0. The van der Waals surface area contributed by atoms with E-state index in [4.69, 9.17) is 4.74 Å². The standard InChI is InChI=1S/C24H33N3O4/c1-2-13-31-20-9-7-18(8-10-20)15-26-16-19(14-21(26)28)17-27-22(29)24(25-23(27)30)11-5-3-4-6-12-24/h7-10,19H,2-6,11-17H2,1H3,(H,25,30). The van der Waals surface area contributed by atoms with Gasteiger partial charge in [-0.25, -0.2) is 4.79 Å². The number of ether oxygens (including phenoxy) is 1. The van der Waals surface area contributed by atoms with Gasteiger partial charge in [0.15, 0.2) is 0 Å². The third-order valence-electron chi connectivity index (χ3n) is 6.71. The van der Waals surface area contributed by atoms with Crippen molar-refractivity contribution in [2.45, 2.75) is 70.4 Å². The second-order valence-electron chi connectivity index (χ2n) is 9.18. The van der Waals surface area contributed by atoms with E-state index >= 15 is 0 Å². The summed E-state index contributed by atoms with van der Waals surface area (Å²) < 4.78 is 5.61. The van der Waals surface area contributed by atoms with E-state index in [0.29, 0.717) is 32.7 Å². The Labute approximate surface area is 184 Å². The minimum atomic E-state index is -0.711. The van der Waals surface area contributed by atoms with Crippen molar-refractivity contribution in [1.82, 2.24) is 15.1 Å². The maximum atomic E-state index is 13.1. The largest absolute Gasteiger partial charge is 0.494 e. The van der Waals surface area contributed by atoms with Crippen molar-refractivity contribution in [3.8, 4) is 5.75 Å². The molecule has 31 heavy (non-hydrogen) atoms. The van der Waals surface area contributed by atoms with Gasteiger partial charge in [0.2, 0.25) is 5.91 Å². The van der Waals surface area contributed by atoms with Crippen molar-refractivity contribution in [3.63, 3.8) is 0 Å². The van der Waals surface area contributed by atoms with Crippen molar-refractivity contribution in [2.75, 3.05) is 19.7 Å². The van der Waals surface area contributed by atoms with Crippen molar-refractivity contribution >= 4 is 17.8 Å². The Bertz CT molecular complexity index is 815. The number of hydrogen-bond donors (Lipinski definition) is 1. The normalized spacial score (nSPS) is 23.4. The molecule has 168 valence electrons. The molecular formula is C24H33N3O4. The first-order valence-corrected chi connectivity index (χ1v) is 11.6. The molecule has 1 aliphatic carbocycles. The van der Waals surface area contributed by atoms with Crippen molar-refractivity contribution in [2.24, 2.45) is 5.92 Å². The van der Waals surface area contributed by atoms with Gasteiger partial charge in [-0.15, -0.1) is 0 Å². The highest BCUT2D eigenvalue weighted by atomic mass is 16.5. The first-order chi connectivity index (χ1) is 15.0. The lowest BCUT2D eigenvalue weighted by atomic mass is 9.90. The summed E-state index contributed by atoms with van der Waals surface area (Å²) in [7, 11) is 0. The topological polar surface area (TPSA) is 79.0 Å². The molecule has 1 atom stereocenters. The molecule has 2 heterocycles. The third kappa shape index (κ3) is 4.70. The fourth-order valence-electron chi connectivity index (χ4n) is 5.03. The maximum Gasteiger partial charge on any atom is 0.325 e. The Morgan fingerprint density at radius 3 is 2.45 bits per heavy atom. The summed E-state index contributed by atoms with van der Waals surface area (Å²) in [6.07, 6.45) is 6.95. The van der Waals surface area contributed by atoms with Gasteiger partial charge in [0.1, 0.15) is 11.3 Å². The zero-order chi connectivity index (χ0) is 21.8. The molecule has 1 saturated carbocycles. The van der Waals surface area contributed by atoms with Crippen LogP contribution >= 0.6 is 0 Å². The zero-order valence-electron chi connectivity index (χ0n) is 18.4.